The second-order valence-corrected chi connectivity index (χ2v) is 6.88. The number of fused-ring (bicyclic) bond motifs is 1. The molecular formula is C21H18ClN3O. The molecule has 26 heavy (non-hydrogen) atoms. The van der Waals surface area contributed by atoms with Gasteiger partial charge >= 0.3 is 0 Å². The number of benzene rings is 2. The zero-order chi connectivity index (χ0) is 18.1. The van der Waals surface area contributed by atoms with Crippen molar-refractivity contribution >= 4 is 34.6 Å². The summed E-state index contributed by atoms with van der Waals surface area (Å²) in [5, 5.41) is 3.45. The van der Waals surface area contributed by atoms with Crippen molar-refractivity contribution < 1.29 is 4.79 Å². The maximum Gasteiger partial charge on any atom is 0.257 e. The second kappa shape index (κ2) is 6.81. The lowest BCUT2D eigenvalue weighted by Crippen LogP contribution is -2.24. The minimum atomic E-state index is -0.207. The summed E-state index contributed by atoms with van der Waals surface area (Å²) in [7, 11) is 0. The number of anilines is 3. The molecule has 1 atom stereocenters. The van der Waals surface area contributed by atoms with E-state index in [4.69, 9.17) is 11.6 Å². The van der Waals surface area contributed by atoms with Crippen molar-refractivity contribution in [3.05, 3.63) is 83.1 Å². The lowest BCUT2D eigenvalue weighted by atomic mass is 10.1. The highest BCUT2D eigenvalue weighted by molar-refractivity contribution is 6.31. The van der Waals surface area contributed by atoms with Crippen LogP contribution in [-0.4, -0.2) is 16.9 Å². The normalized spacial score (nSPS) is 15.6. The van der Waals surface area contributed by atoms with Crippen LogP contribution in [0.5, 0.6) is 0 Å². The van der Waals surface area contributed by atoms with Gasteiger partial charge < -0.3 is 10.2 Å². The Hall–Kier alpha value is -2.85. The Balaban J connectivity index is 1.62. The van der Waals surface area contributed by atoms with Crippen molar-refractivity contribution in [2.75, 3.05) is 10.2 Å². The molecule has 0 aliphatic carbocycles. The van der Waals surface area contributed by atoms with Crippen LogP contribution in [0, 0.1) is 0 Å². The van der Waals surface area contributed by atoms with Crippen LogP contribution in [0.2, 0.25) is 5.02 Å². The highest BCUT2D eigenvalue weighted by Crippen LogP contribution is 2.37. The molecule has 1 aliphatic heterocycles. The fraction of sp³-hybridized carbons (Fsp3) is 0.143. The van der Waals surface area contributed by atoms with Crippen LogP contribution in [0.15, 0.2) is 67.0 Å². The Morgan fingerprint density at radius 1 is 1.15 bits per heavy atom. The van der Waals surface area contributed by atoms with Gasteiger partial charge in [-0.25, -0.2) is 0 Å². The van der Waals surface area contributed by atoms with E-state index in [1.54, 1.807) is 36.7 Å². The molecule has 0 fully saturated rings. The Morgan fingerprint density at radius 2 is 2.00 bits per heavy atom. The maximum absolute atomic E-state index is 12.6. The Bertz CT molecular complexity index is 973. The lowest BCUT2D eigenvalue weighted by molar-refractivity contribution is 0.102. The van der Waals surface area contributed by atoms with E-state index in [2.05, 4.69) is 40.3 Å². The average molecular weight is 364 g/mol. The third-order valence-electron chi connectivity index (χ3n) is 4.55. The number of nitrogens with zero attached hydrogens (tertiary/aromatic N) is 2. The monoisotopic (exact) mass is 363 g/mol. The van der Waals surface area contributed by atoms with Crippen molar-refractivity contribution in [3.63, 3.8) is 0 Å². The molecule has 0 bridgehead atoms. The summed E-state index contributed by atoms with van der Waals surface area (Å²) in [6, 6.07) is 17.6. The van der Waals surface area contributed by atoms with Crippen LogP contribution in [-0.2, 0) is 6.42 Å². The number of rotatable bonds is 3. The molecule has 1 unspecified atom stereocenters. The van der Waals surface area contributed by atoms with E-state index in [0.29, 0.717) is 22.3 Å². The molecule has 1 amide bonds. The first-order valence-corrected chi connectivity index (χ1v) is 8.89. The predicted molar refractivity (Wildman–Crippen MR) is 105 cm³/mol. The van der Waals surface area contributed by atoms with Crippen LogP contribution >= 0.6 is 11.6 Å². The van der Waals surface area contributed by atoms with Gasteiger partial charge in [0.2, 0.25) is 0 Å². The predicted octanol–water partition coefficient (Wildman–Crippen LogP) is 5.07. The van der Waals surface area contributed by atoms with E-state index >= 15 is 0 Å². The first-order chi connectivity index (χ1) is 12.6. The maximum atomic E-state index is 12.6. The molecule has 1 aromatic heterocycles. The quantitative estimate of drug-likeness (QED) is 0.706. The zero-order valence-corrected chi connectivity index (χ0v) is 15.1. The highest BCUT2D eigenvalue weighted by atomic mass is 35.5. The molecule has 0 radical (unpaired) electrons. The number of hydrogen-bond acceptors (Lipinski definition) is 3. The first kappa shape index (κ1) is 16.6. The van der Waals surface area contributed by atoms with Gasteiger partial charge in [-0.2, -0.15) is 0 Å². The van der Waals surface area contributed by atoms with Crippen LogP contribution in [0.25, 0.3) is 0 Å². The van der Waals surface area contributed by atoms with E-state index < -0.39 is 0 Å². The van der Waals surface area contributed by atoms with E-state index in [1.807, 2.05) is 12.1 Å². The van der Waals surface area contributed by atoms with Crippen LogP contribution in [0.3, 0.4) is 0 Å². The molecule has 0 spiro atoms. The molecule has 130 valence electrons. The number of halogens is 1. The van der Waals surface area contributed by atoms with E-state index in [-0.39, 0.29) is 5.91 Å². The molecule has 4 rings (SSSR count). The Kier molecular flexibility index (Phi) is 4.35. The van der Waals surface area contributed by atoms with Crippen molar-refractivity contribution in [2.24, 2.45) is 0 Å². The van der Waals surface area contributed by atoms with Gasteiger partial charge in [-0.05, 0) is 49.2 Å². The van der Waals surface area contributed by atoms with Crippen molar-refractivity contribution in [1.82, 2.24) is 4.98 Å². The summed E-state index contributed by atoms with van der Waals surface area (Å²) in [6.45, 7) is 2.18. The number of pyridine rings is 1. The molecule has 2 aromatic carbocycles. The number of carbonyl (C=O) groups is 1. The number of hydrogen-bond donors (Lipinski definition) is 1. The van der Waals surface area contributed by atoms with Crippen molar-refractivity contribution in [2.45, 2.75) is 19.4 Å². The standard InChI is InChI=1S/C21H18ClN3O/c1-14-9-15-5-2-3-8-20(15)25(14)19-10-16(12-23-13-19)21(26)24-18-7-4-6-17(22)11-18/h2-8,10-14H,9H2,1H3,(H,24,26). The second-order valence-electron chi connectivity index (χ2n) is 6.45. The van der Waals surface area contributed by atoms with Crippen LogP contribution < -0.4 is 10.2 Å². The largest absolute Gasteiger partial charge is 0.337 e. The van der Waals surface area contributed by atoms with E-state index in [1.165, 1.54) is 11.3 Å². The van der Waals surface area contributed by atoms with Crippen LogP contribution in [0.1, 0.15) is 22.8 Å². The Labute approximate surface area is 157 Å². The summed E-state index contributed by atoms with van der Waals surface area (Å²) in [6.07, 6.45) is 4.36. The fourth-order valence-electron chi connectivity index (χ4n) is 3.41. The Morgan fingerprint density at radius 3 is 2.85 bits per heavy atom. The minimum absolute atomic E-state index is 0.207. The minimum Gasteiger partial charge on any atom is -0.337 e. The fourth-order valence-corrected chi connectivity index (χ4v) is 3.60. The van der Waals surface area contributed by atoms with Gasteiger partial charge in [0, 0.05) is 28.6 Å². The summed E-state index contributed by atoms with van der Waals surface area (Å²) < 4.78 is 0. The van der Waals surface area contributed by atoms with Gasteiger partial charge in [0.25, 0.3) is 5.91 Å². The molecule has 2 heterocycles. The number of nitrogens with one attached hydrogen (secondary N) is 1. The van der Waals surface area contributed by atoms with Crippen LogP contribution in [0.4, 0.5) is 17.1 Å². The summed E-state index contributed by atoms with van der Waals surface area (Å²) in [5.41, 5.74) is 4.58. The molecule has 1 N–H and O–H groups in total. The topological polar surface area (TPSA) is 45.2 Å². The molecule has 5 heteroatoms. The zero-order valence-electron chi connectivity index (χ0n) is 14.3. The van der Waals surface area contributed by atoms with Gasteiger partial charge in [0.15, 0.2) is 0 Å². The summed E-state index contributed by atoms with van der Waals surface area (Å²) >= 11 is 5.98. The molecule has 3 aromatic rings. The number of amides is 1. The molecule has 4 nitrogen and oxygen atoms in total. The lowest BCUT2D eigenvalue weighted by Gasteiger charge is -2.25. The average Bonchev–Trinajstić information content (AvgIpc) is 2.97. The number of aromatic nitrogens is 1. The third kappa shape index (κ3) is 3.16. The SMILES string of the molecule is CC1Cc2ccccc2N1c1cncc(C(=O)Nc2cccc(Cl)c2)c1. The van der Waals surface area contributed by atoms with Gasteiger partial charge in [-0.15, -0.1) is 0 Å². The number of para-hydroxylation sites is 1. The molecule has 1 aliphatic rings. The summed E-state index contributed by atoms with van der Waals surface area (Å²) in [5.74, 6) is -0.207. The third-order valence-corrected chi connectivity index (χ3v) is 4.79. The molecular weight excluding hydrogens is 346 g/mol. The first-order valence-electron chi connectivity index (χ1n) is 8.51. The van der Waals surface area contributed by atoms with Crippen molar-refractivity contribution in [1.29, 1.82) is 0 Å². The van der Waals surface area contributed by atoms with Gasteiger partial charge in [-0.1, -0.05) is 35.9 Å². The van der Waals surface area contributed by atoms with Gasteiger partial charge in [0.1, 0.15) is 0 Å². The molecule has 0 saturated heterocycles. The highest BCUT2D eigenvalue weighted by Gasteiger charge is 2.27. The van der Waals surface area contributed by atoms with Gasteiger partial charge in [-0.3, -0.25) is 9.78 Å². The smallest absolute Gasteiger partial charge is 0.257 e. The van der Waals surface area contributed by atoms with Crippen molar-refractivity contribution in [3.8, 4) is 0 Å². The van der Waals surface area contributed by atoms with Gasteiger partial charge in [0.05, 0.1) is 17.4 Å². The number of carbonyl (C=O) groups excluding carboxylic acids is 1. The molecule has 0 saturated carbocycles. The van der Waals surface area contributed by atoms with E-state index in [9.17, 15) is 4.79 Å². The summed E-state index contributed by atoms with van der Waals surface area (Å²) in [4.78, 5) is 19.1. The van der Waals surface area contributed by atoms with E-state index in [0.717, 1.165) is 12.1 Å².